The number of amides is 1. The molecule has 1 amide bonds. The Morgan fingerprint density at radius 1 is 1.06 bits per heavy atom. The number of hydrogen-bond acceptors (Lipinski definition) is 3. The summed E-state index contributed by atoms with van der Waals surface area (Å²) in [6.07, 6.45) is 1.87. The molecule has 32 heavy (non-hydrogen) atoms. The highest BCUT2D eigenvalue weighted by atomic mass is 35.5. The molecule has 0 radical (unpaired) electrons. The zero-order chi connectivity index (χ0) is 23.3. The smallest absolute Gasteiger partial charge is 0.223 e. The fourth-order valence-corrected chi connectivity index (χ4v) is 5.92. The monoisotopic (exact) mass is 496 g/mol. The number of hydrogen-bond donors (Lipinski definition) is 1. The summed E-state index contributed by atoms with van der Waals surface area (Å²) >= 11 is 11.9. The zero-order valence-electron chi connectivity index (χ0n) is 18.4. The van der Waals surface area contributed by atoms with Crippen molar-refractivity contribution in [1.29, 1.82) is 0 Å². The lowest BCUT2D eigenvalue weighted by molar-refractivity contribution is -0.127. The summed E-state index contributed by atoms with van der Waals surface area (Å²) in [5.41, 5.74) is 1.69. The van der Waals surface area contributed by atoms with E-state index in [1.165, 1.54) is 4.31 Å². The molecule has 0 spiro atoms. The number of halogens is 2. The lowest BCUT2D eigenvalue weighted by Crippen LogP contribution is -2.44. The minimum absolute atomic E-state index is 0.000957. The molecule has 1 fully saturated rings. The minimum Gasteiger partial charge on any atom is -0.349 e. The van der Waals surface area contributed by atoms with Crippen LogP contribution in [0, 0.1) is 11.8 Å². The van der Waals surface area contributed by atoms with Crippen molar-refractivity contribution in [3.05, 3.63) is 69.7 Å². The third-order valence-corrected chi connectivity index (χ3v) is 8.37. The SMILES string of the molecule is CC(C)CC(NC(=O)C1CCN(S(=O)(=O)Cc2ccc(Cl)c(Cl)c2)CC1)c1ccccc1. The molecule has 0 aromatic heterocycles. The Labute approximate surface area is 201 Å². The number of rotatable bonds is 8. The highest BCUT2D eigenvalue weighted by molar-refractivity contribution is 7.88. The van der Waals surface area contributed by atoms with Crippen LogP contribution in [0.3, 0.4) is 0 Å². The summed E-state index contributed by atoms with van der Waals surface area (Å²) in [6.45, 7) is 4.95. The average Bonchev–Trinajstić information content (AvgIpc) is 2.76. The minimum atomic E-state index is -3.50. The molecular formula is C24H30Cl2N2O3S. The number of nitrogens with zero attached hydrogens (tertiary/aromatic N) is 1. The van der Waals surface area contributed by atoms with Gasteiger partial charge in [-0.1, -0.05) is 73.4 Å². The maximum Gasteiger partial charge on any atom is 0.223 e. The molecule has 3 rings (SSSR count). The molecule has 1 aliphatic heterocycles. The molecule has 1 unspecified atom stereocenters. The van der Waals surface area contributed by atoms with E-state index in [0.717, 1.165) is 12.0 Å². The van der Waals surface area contributed by atoms with Gasteiger partial charge in [0, 0.05) is 19.0 Å². The van der Waals surface area contributed by atoms with Crippen molar-refractivity contribution in [2.24, 2.45) is 11.8 Å². The second-order valence-electron chi connectivity index (χ2n) is 8.78. The first-order valence-electron chi connectivity index (χ1n) is 10.9. The first-order valence-corrected chi connectivity index (χ1v) is 13.3. The average molecular weight is 497 g/mol. The van der Waals surface area contributed by atoms with E-state index >= 15 is 0 Å². The predicted molar refractivity (Wildman–Crippen MR) is 130 cm³/mol. The van der Waals surface area contributed by atoms with E-state index < -0.39 is 10.0 Å². The number of nitrogens with one attached hydrogen (secondary N) is 1. The van der Waals surface area contributed by atoms with E-state index in [1.54, 1.807) is 18.2 Å². The van der Waals surface area contributed by atoms with E-state index in [0.29, 0.717) is 47.5 Å². The Balaban J connectivity index is 1.59. The molecule has 1 N–H and O–H groups in total. The van der Waals surface area contributed by atoms with E-state index in [1.807, 2.05) is 30.3 Å². The van der Waals surface area contributed by atoms with Crippen LogP contribution in [-0.4, -0.2) is 31.7 Å². The van der Waals surface area contributed by atoms with Gasteiger partial charge in [-0.2, -0.15) is 0 Å². The lowest BCUT2D eigenvalue weighted by Gasteiger charge is -2.32. The topological polar surface area (TPSA) is 66.5 Å². The van der Waals surface area contributed by atoms with Crippen LogP contribution < -0.4 is 5.32 Å². The Morgan fingerprint density at radius 3 is 2.31 bits per heavy atom. The second-order valence-corrected chi connectivity index (χ2v) is 11.6. The molecule has 0 bridgehead atoms. The predicted octanol–water partition coefficient (Wildman–Crippen LogP) is 5.44. The van der Waals surface area contributed by atoms with Gasteiger partial charge in [0.25, 0.3) is 0 Å². The van der Waals surface area contributed by atoms with Crippen LogP contribution in [-0.2, 0) is 20.6 Å². The molecule has 1 atom stereocenters. The largest absolute Gasteiger partial charge is 0.349 e. The zero-order valence-corrected chi connectivity index (χ0v) is 20.8. The van der Waals surface area contributed by atoms with Gasteiger partial charge in [-0.15, -0.1) is 0 Å². The van der Waals surface area contributed by atoms with E-state index in [2.05, 4.69) is 19.2 Å². The summed E-state index contributed by atoms with van der Waals surface area (Å²) in [5, 5.41) is 3.94. The van der Waals surface area contributed by atoms with Crippen molar-refractivity contribution in [3.63, 3.8) is 0 Å². The first kappa shape index (κ1) is 25.0. The molecule has 1 aliphatic rings. The quantitative estimate of drug-likeness (QED) is 0.528. The Kier molecular flexibility index (Phi) is 8.62. The molecule has 1 heterocycles. The Bertz CT molecular complexity index is 1020. The molecule has 5 nitrogen and oxygen atoms in total. The normalized spacial score (nSPS) is 16.8. The van der Waals surface area contributed by atoms with Crippen molar-refractivity contribution in [1.82, 2.24) is 9.62 Å². The molecule has 2 aromatic carbocycles. The molecule has 0 aliphatic carbocycles. The van der Waals surface area contributed by atoms with Crippen molar-refractivity contribution in [3.8, 4) is 0 Å². The van der Waals surface area contributed by atoms with Crippen LogP contribution in [0.1, 0.15) is 50.3 Å². The molecular weight excluding hydrogens is 467 g/mol. The summed E-state index contributed by atoms with van der Waals surface area (Å²) in [5.74, 6) is 0.116. The van der Waals surface area contributed by atoms with Gasteiger partial charge in [-0.3, -0.25) is 4.79 Å². The summed E-state index contributed by atoms with van der Waals surface area (Å²) in [7, 11) is -3.50. The molecule has 8 heteroatoms. The van der Waals surface area contributed by atoms with Gasteiger partial charge in [0.2, 0.25) is 15.9 Å². The molecule has 174 valence electrons. The van der Waals surface area contributed by atoms with Gasteiger partial charge in [0.15, 0.2) is 0 Å². The summed E-state index contributed by atoms with van der Waals surface area (Å²) in [6, 6.07) is 14.8. The summed E-state index contributed by atoms with van der Waals surface area (Å²) < 4.78 is 27.2. The fourth-order valence-electron chi connectivity index (χ4n) is 4.05. The van der Waals surface area contributed by atoms with Crippen LogP contribution >= 0.6 is 23.2 Å². The van der Waals surface area contributed by atoms with Crippen LogP contribution in [0.2, 0.25) is 10.0 Å². The van der Waals surface area contributed by atoms with E-state index in [-0.39, 0.29) is 23.6 Å². The van der Waals surface area contributed by atoms with Gasteiger partial charge in [0.05, 0.1) is 21.8 Å². The van der Waals surface area contributed by atoms with Gasteiger partial charge in [-0.25, -0.2) is 12.7 Å². The van der Waals surface area contributed by atoms with Crippen LogP contribution in [0.5, 0.6) is 0 Å². The van der Waals surface area contributed by atoms with Crippen molar-refractivity contribution < 1.29 is 13.2 Å². The number of carbonyl (C=O) groups is 1. The van der Waals surface area contributed by atoms with Crippen LogP contribution in [0.15, 0.2) is 48.5 Å². The lowest BCUT2D eigenvalue weighted by atomic mass is 9.93. The van der Waals surface area contributed by atoms with E-state index in [4.69, 9.17) is 23.2 Å². The van der Waals surface area contributed by atoms with Gasteiger partial charge >= 0.3 is 0 Å². The number of carbonyl (C=O) groups excluding carboxylic acids is 1. The standard InChI is InChI=1S/C24H30Cl2N2O3S/c1-17(2)14-23(19-6-4-3-5-7-19)27-24(29)20-10-12-28(13-11-20)32(30,31)16-18-8-9-21(25)22(26)15-18/h3-9,15,17,20,23H,10-14,16H2,1-2H3,(H,27,29). The molecule has 1 saturated heterocycles. The van der Waals surface area contributed by atoms with Gasteiger partial charge in [0.1, 0.15) is 0 Å². The van der Waals surface area contributed by atoms with E-state index in [9.17, 15) is 13.2 Å². The Hall–Kier alpha value is -1.60. The number of sulfonamides is 1. The molecule has 2 aromatic rings. The fraction of sp³-hybridized carbons (Fsp3) is 0.458. The van der Waals surface area contributed by atoms with Gasteiger partial charge in [-0.05, 0) is 48.4 Å². The van der Waals surface area contributed by atoms with Gasteiger partial charge < -0.3 is 5.32 Å². The molecule has 0 saturated carbocycles. The highest BCUT2D eigenvalue weighted by Gasteiger charge is 2.32. The third-order valence-electron chi connectivity index (χ3n) is 5.78. The maximum atomic E-state index is 13.0. The van der Waals surface area contributed by atoms with Crippen LogP contribution in [0.4, 0.5) is 0 Å². The number of benzene rings is 2. The van der Waals surface area contributed by atoms with Crippen molar-refractivity contribution in [2.75, 3.05) is 13.1 Å². The van der Waals surface area contributed by atoms with Crippen molar-refractivity contribution >= 4 is 39.1 Å². The second kappa shape index (κ2) is 11.0. The van der Waals surface area contributed by atoms with Crippen LogP contribution in [0.25, 0.3) is 0 Å². The third kappa shape index (κ3) is 6.70. The maximum absolute atomic E-state index is 13.0. The van der Waals surface area contributed by atoms with Crippen molar-refractivity contribution in [2.45, 2.75) is 44.9 Å². The number of piperidine rings is 1. The first-order chi connectivity index (χ1) is 15.2. The highest BCUT2D eigenvalue weighted by Crippen LogP contribution is 2.27. The summed E-state index contributed by atoms with van der Waals surface area (Å²) in [4.78, 5) is 13.0. The Morgan fingerprint density at radius 2 is 1.72 bits per heavy atom.